The minimum absolute atomic E-state index is 0.0945. The standard InChI is InChI=1S/C12H21N7/c1-8(2)6-13-10(4)12-14-16-17-19(12)11-7-18(5)15-9(11)3/h7-8,10,13H,6H2,1-5H3. The molecule has 0 aliphatic heterocycles. The summed E-state index contributed by atoms with van der Waals surface area (Å²) in [5.41, 5.74) is 1.83. The summed E-state index contributed by atoms with van der Waals surface area (Å²) >= 11 is 0. The molecular weight excluding hydrogens is 242 g/mol. The van der Waals surface area contributed by atoms with E-state index >= 15 is 0 Å². The Morgan fingerprint density at radius 1 is 1.32 bits per heavy atom. The van der Waals surface area contributed by atoms with Crippen molar-refractivity contribution in [2.45, 2.75) is 33.7 Å². The van der Waals surface area contributed by atoms with E-state index in [1.165, 1.54) is 0 Å². The van der Waals surface area contributed by atoms with E-state index in [4.69, 9.17) is 0 Å². The molecule has 19 heavy (non-hydrogen) atoms. The SMILES string of the molecule is Cc1nn(C)cc1-n1nnnc1C(C)NCC(C)C. The highest BCUT2D eigenvalue weighted by Crippen LogP contribution is 2.16. The lowest BCUT2D eigenvalue weighted by Gasteiger charge is -2.14. The third-order valence-electron chi connectivity index (χ3n) is 2.93. The predicted octanol–water partition coefficient (Wildman–Crippen LogP) is 1.01. The molecule has 7 heteroatoms. The summed E-state index contributed by atoms with van der Waals surface area (Å²) in [7, 11) is 1.89. The number of nitrogens with one attached hydrogen (secondary N) is 1. The van der Waals surface area contributed by atoms with Gasteiger partial charge >= 0.3 is 0 Å². The lowest BCUT2D eigenvalue weighted by atomic mass is 10.2. The van der Waals surface area contributed by atoms with Gasteiger partial charge in [0.25, 0.3) is 0 Å². The zero-order valence-electron chi connectivity index (χ0n) is 12.1. The van der Waals surface area contributed by atoms with E-state index in [0.29, 0.717) is 5.92 Å². The Bertz CT molecular complexity index is 540. The molecule has 0 fully saturated rings. The molecule has 0 aliphatic carbocycles. The van der Waals surface area contributed by atoms with Crippen LogP contribution in [0.5, 0.6) is 0 Å². The van der Waals surface area contributed by atoms with Crippen LogP contribution in [0.15, 0.2) is 6.20 Å². The highest BCUT2D eigenvalue weighted by atomic mass is 15.6. The monoisotopic (exact) mass is 263 g/mol. The van der Waals surface area contributed by atoms with Crippen molar-refractivity contribution in [3.63, 3.8) is 0 Å². The fourth-order valence-corrected chi connectivity index (χ4v) is 1.93. The molecule has 0 aromatic carbocycles. The van der Waals surface area contributed by atoms with E-state index in [2.05, 4.69) is 46.7 Å². The summed E-state index contributed by atoms with van der Waals surface area (Å²) in [4.78, 5) is 0. The second kappa shape index (κ2) is 5.48. The Morgan fingerprint density at radius 3 is 2.63 bits per heavy atom. The van der Waals surface area contributed by atoms with Gasteiger partial charge in [-0.05, 0) is 36.7 Å². The van der Waals surface area contributed by atoms with Gasteiger partial charge in [0.2, 0.25) is 0 Å². The molecule has 2 heterocycles. The molecule has 1 unspecified atom stereocenters. The molecule has 0 spiro atoms. The molecular formula is C12H21N7. The summed E-state index contributed by atoms with van der Waals surface area (Å²) in [5.74, 6) is 1.39. The molecule has 1 N–H and O–H groups in total. The number of nitrogens with zero attached hydrogens (tertiary/aromatic N) is 6. The molecule has 104 valence electrons. The minimum Gasteiger partial charge on any atom is -0.307 e. The number of aryl methyl sites for hydroxylation is 2. The van der Waals surface area contributed by atoms with E-state index in [9.17, 15) is 0 Å². The van der Waals surface area contributed by atoms with E-state index < -0.39 is 0 Å². The first-order valence-electron chi connectivity index (χ1n) is 6.51. The van der Waals surface area contributed by atoms with Crippen molar-refractivity contribution in [2.24, 2.45) is 13.0 Å². The Balaban J connectivity index is 2.24. The fraction of sp³-hybridized carbons (Fsp3) is 0.667. The second-order valence-corrected chi connectivity index (χ2v) is 5.25. The summed E-state index contributed by atoms with van der Waals surface area (Å²) in [5, 5.41) is 19.7. The first-order chi connectivity index (χ1) is 8.99. The van der Waals surface area contributed by atoms with E-state index in [1.807, 2.05) is 20.2 Å². The van der Waals surface area contributed by atoms with Crippen molar-refractivity contribution in [2.75, 3.05) is 6.54 Å². The lowest BCUT2D eigenvalue weighted by Crippen LogP contribution is -2.25. The number of rotatable bonds is 5. The van der Waals surface area contributed by atoms with Crippen molar-refractivity contribution in [1.29, 1.82) is 0 Å². The largest absolute Gasteiger partial charge is 0.307 e. The fourth-order valence-electron chi connectivity index (χ4n) is 1.93. The summed E-state index contributed by atoms with van der Waals surface area (Å²) in [6.07, 6.45) is 1.92. The van der Waals surface area contributed by atoms with Gasteiger partial charge in [-0.15, -0.1) is 5.10 Å². The number of hydrogen-bond donors (Lipinski definition) is 1. The first-order valence-corrected chi connectivity index (χ1v) is 6.51. The van der Waals surface area contributed by atoms with Crippen LogP contribution in [0.25, 0.3) is 5.69 Å². The molecule has 2 aromatic heterocycles. The smallest absolute Gasteiger partial charge is 0.173 e. The van der Waals surface area contributed by atoms with Crippen LogP contribution in [0, 0.1) is 12.8 Å². The topological polar surface area (TPSA) is 73.5 Å². The number of hydrogen-bond acceptors (Lipinski definition) is 5. The molecule has 2 aromatic rings. The van der Waals surface area contributed by atoms with Gasteiger partial charge in [0.05, 0.1) is 17.9 Å². The Hall–Kier alpha value is -1.76. The van der Waals surface area contributed by atoms with Gasteiger partial charge in [0.1, 0.15) is 5.69 Å². The minimum atomic E-state index is 0.0945. The van der Waals surface area contributed by atoms with Crippen LogP contribution in [0.2, 0.25) is 0 Å². The molecule has 0 aliphatic rings. The van der Waals surface area contributed by atoms with Gasteiger partial charge in [-0.2, -0.15) is 9.78 Å². The number of aromatic nitrogens is 6. The average molecular weight is 263 g/mol. The maximum atomic E-state index is 4.32. The zero-order valence-corrected chi connectivity index (χ0v) is 12.1. The van der Waals surface area contributed by atoms with Gasteiger partial charge in [-0.3, -0.25) is 4.68 Å². The Labute approximate surface area is 113 Å². The van der Waals surface area contributed by atoms with Gasteiger partial charge < -0.3 is 5.32 Å². The quantitative estimate of drug-likeness (QED) is 0.871. The van der Waals surface area contributed by atoms with E-state index in [1.54, 1.807) is 9.36 Å². The molecule has 2 rings (SSSR count). The normalized spacial score (nSPS) is 13.2. The average Bonchev–Trinajstić information content (AvgIpc) is 2.92. The van der Waals surface area contributed by atoms with Crippen LogP contribution in [-0.4, -0.2) is 36.5 Å². The van der Waals surface area contributed by atoms with Crippen LogP contribution in [0.4, 0.5) is 0 Å². The van der Waals surface area contributed by atoms with Crippen LogP contribution >= 0.6 is 0 Å². The van der Waals surface area contributed by atoms with Crippen molar-refractivity contribution >= 4 is 0 Å². The molecule has 0 amide bonds. The zero-order chi connectivity index (χ0) is 14.0. The molecule has 0 radical (unpaired) electrons. The summed E-state index contributed by atoms with van der Waals surface area (Å²) in [6, 6.07) is 0.0945. The predicted molar refractivity (Wildman–Crippen MR) is 71.9 cm³/mol. The van der Waals surface area contributed by atoms with Gasteiger partial charge in [0.15, 0.2) is 5.82 Å². The summed E-state index contributed by atoms with van der Waals surface area (Å²) < 4.78 is 3.52. The Kier molecular flexibility index (Phi) is 3.94. The highest BCUT2D eigenvalue weighted by molar-refractivity contribution is 5.33. The van der Waals surface area contributed by atoms with Crippen molar-refractivity contribution in [1.82, 2.24) is 35.3 Å². The lowest BCUT2D eigenvalue weighted by molar-refractivity contribution is 0.474. The maximum absolute atomic E-state index is 4.32. The second-order valence-electron chi connectivity index (χ2n) is 5.25. The van der Waals surface area contributed by atoms with Crippen molar-refractivity contribution in [3.8, 4) is 5.69 Å². The molecule has 7 nitrogen and oxygen atoms in total. The van der Waals surface area contributed by atoms with E-state index in [0.717, 1.165) is 23.8 Å². The molecule has 0 saturated heterocycles. The van der Waals surface area contributed by atoms with Crippen LogP contribution in [-0.2, 0) is 7.05 Å². The molecule has 0 bridgehead atoms. The molecule has 1 atom stereocenters. The van der Waals surface area contributed by atoms with Crippen molar-refractivity contribution in [3.05, 3.63) is 17.7 Å². The summed E-state index contributed by atoms with van der Waals surface area (Å²) in [6.45, 7) is 9.30. The van der Waals surface area contributed by atoms with Crippen LogP contribution in [0.1, 0.15) is 38.3 Å². The first kappa shape index (κ1) is 13.7. The van der Waals surface area contributed by atoms with Gasteiger partial charge in [-0.1, -0.05) is 13.8 Å². The van der Waals surface area contributed by atoms with Crippen LogP contribution in [0.3, 0.4) is 0 Å². The van der Waals surface area contributed by atoms with Crippen LogP contribution < -0.4 is 5.32 Å². The van der Waals surface area contributed by atoms with E-state index in [-0.39, 0.29) is 6.04 Å². The maximum Gasteiger partial charge on any atom is 0.173 e. The highest BCUT2D eigenvalue weighted by Gasteiger charge is 2.18. The third-order valence-corrected chi connectivity index (χ3v) is 2.93. The Morgan fingerprint density at radius 2 is 2.05 bits per heavy atom. The van der Waals surface area contributed by atoms with Crippen molar-refractivity contribution < 1.29 is 0 Å². The third kappa shape index (κ3) is 2.98. The number of tetrazole rings is 1. The van der Waals surface area contributed by atoms with Gasteiger partial charge in [0, 0.05) is 7.05 Å². The molecule has 0 saturated carbocycles. The van der Waals surface area contributed by atoms with Gasteiger partial charge in [-0.25, -0.2) is 0 Å².